The number of aromatic nitrogens is 5. The molecular weight excluding hydrogens is 446 g/mol. The number of hydroxylamine groups is 1. The number of fused-ring (bicyclic) bond motifs is 2. The summed E-state index contributed by atoms with van der Waals surface area (Å²) in [4.78, 5) is 20.6. The minimum absolute atomic E-state index is 0.0532. The normalized spacial score (nSPS) is 12.0. The van der Waals surface area contributed by atoms with E-state index in [4.69, 9.17) is 14.9 Å². The lowest BCUT2D eigenvalue weighted by atomic mass is 10.1. The van der Waals surface area contributed by atoms with Gasteiger partial charge in [0.15, 0.2) is 11.5 Å². The summed E-state index contributed by atoms with van der Waals surface area (Å²) in [6, 6.07) is 13.4. The number of ether oxygens (including phenoxy) is 1. The summed E-state index contributed by atoms with van der Waals surface area (Å²) in [5.41, 5.74) is 6.54. The number of nitrogens with zero attached hydrogens (tertiary/aromatic N) is 4. The maximum atomic E-state index is 11.4. The highest BCUT2D eigenvalue weighted by Gasteiger charge is 2.11. The van der Waals surface area contributed by atoms with Gasteiger partial charge in [-0.25, -0.2) is 15.4 Å². The third kappa shape index (κ3) is 4.68. The van der Waals surface area contributed by atoms with E-state index in [-0.39, 0.29) is 6.42 Å². The van der Waals surface area contributed by atoms with Crippen molar-refractivity contribution in [3.8, 4) is 17.0 Å². The first kappa shape index (κ1) is 22.1. The van der Waals surface area contributed by atoms with Gasteiger partial charge in [-0.1, -0.05) is 12.1 Å². The van der Waals surface area contributed by atoms with Gasteiger partial charge in [0.05, 0.1) is 23.8 Å². The number of anilines is 2. The van der Waals surface area contributed by atoms with E-state index in [9.17, 15) is 4.79 Å². The first-order chi connectivity index (χ1) is 17.0. The van der Waals surface area contributed by atoms with Crippen LogP contribution in [0.25, 0.3) is 27.8 Å². The molecule has 4 N–H and O–H groups in total. The second-order valence-corrected chi connectivity index (χ2v) is 8.10. The summed E-state index contributed by atoms with van der Waals surface area (Å²) >= 11 is 0. The molecule has 3 aromatic heterocycles. The molecule has 0 spiro atoms. The van der Waals surface area contributed by atoms with E-state index in [1.165, 1.54) is 0 Å². The van der Waals surface area contributed by atoms with Crippen molar-refractivity contribution in [3.05, 3.63) is 78.6 Å². The molecule has 1 amide bonds. The maximum Gasteiger partial charge on any atom is 0.247 e. The lowest BCUT2D eigenvalue weighted by molar-refractivity contribution is -0.128. The Bertz CT molecular complexity index is 1550. The molecule has 0 bridgehead atoms. The number of aromatic amines is 1. The second-order valence-electron chi connectivity index (χ2n) is 8.10. The smallest absolute Gasteiger partial charge is 0.247 e. The van der Waals surface area contributed by atoms with Gasteiger partial charge in [-0.2, -0.15) is 5.10 Å². The molecule has 0 aliphatic rings. The number of hydrogen-bond acceptors (Lipinski definition) is 7. The molecule has 5 aromatic rings. The molecular formula is C25H23N7O3. The van der Waals surface area contributed by atoms with Crippen molar-refractivity contribution in [1.29, 1.82) is 0 Å². The topological polar surface area (TPSA) is 129 Å². The second kappa shape index (κ2) is 9.27. The van der Waals surface area contributed by atoms with Crippen LogP contribution in [0.15, 0.2) is 78.6 Å². The molecule has 10 heteroatoms. The van der Waals surface area contributed by atoms with Crippen LogP contribution in [-0.2, 0) is 4.79 Å². The van der Waals surface area contributed by atoms with Crippen molar-refractivity contribution in [2.24, 2.45) is 0 Å². The zero-order chi connectivity index (χ0) is 24.4. The third-order valence-corrected chi connectivity index (χ3v) is 5.65. The van der Waals surface area contributed by atoms with Gasteiger partial charge >= 0.3 is 0 Å². The number of H-pyrrole nitrogens is 1. The number of allylic oxidation sites excluding steroid dienone is 1. The molecule has 0 saturated heterocycles. The van der Waals surface area contributed by atoms with Gasteiger partial charge in [-0.15, -0.1) is 0 Å². The zero-order valence-electron chi connectivity index (χ0n) is 19.1. The number of hydrogen-bond donors (Lipinski definition) is 4. The molecule has 0 radical (unpaired) electrons. The Balaban J connectivity index is 1.39. The van der Waals surface area contributed by atoms with Crippen LogP contribution in [0.4, 0.5) is 11.5 Å². The summed E-state index contributed by atoms with van der Waals surface area (Å²) in [5, 5.41) is 20.2. The molecule has 35 heavy (non-hydrogen) atoms. The van der Waals surface area contributed by atoms with Gasteiger partial charge in [0, 0.05) is 35.2 Å². The number of nitrogens with one attached hydrogen (secondary N) is 3. The van der Waals surface area contributed by atoms with E-state index in [0.717, 1.165) is 33.4 Å². The van der Waals surface area contributed by atoms with Crippen LogP contribution in [0.2, 0.25) is 0 Å². The molecule has 2 aromatic carbocycles. The van der Waals surface area contributed by atoms with Gasteiger partial charge in [-0.3, -0.25) is 15.1 Å². The van der Waals surface area contributed by atoms with Gasteiger partial charge in [-0.05, 0) is 49.8 Å². The van der Waals surface area contributed by atoms with Crippen molar-refractivity contribution in [1.82, 2.24) is 30.0 Å². The molecule has 0 fully saturated rings. The molecule has 5 rings (SSSR count). The van der Waals surface area contributed by atoms with Crippen LogP contribution in [-0.4, -0.2) is 35.7 Å². The highest BCUT2D eigenvalue weighted by Crippen LogP contribution is 2.27. The zero-order valence-corrected chi connectivity index (χ0v) is 19.1. The van der Waals surface area contributed by atoms with Crippen LogP contribution in [0, 0.1) is 0 Å². The Labute approximate surface area is 200 Å². The molecule has 176 valence electrons. The van der Waals surface area contributed by atoms with E-state index in [1.807, 2.05) is 59.3 Å². The van der Waals surface area contributed by atoms with Crippen LogP contribution in [0.1, 0.15) is 20.3 Å². The molecule has 0 aliphatic carbocycles. The number of rotatable bonds is 7. The predicted octanol–water partition coefficient (Wildman–Crippen LogP) is 4.58. The average Bonchev–Trinajstić information content (AvgIpc) is 3.54. The maximum absolute atomic E-state index is 11.4. The fourth-order valence-electron chi connectivity index (χ4n) is 3.66. The van der Waals surface area contributed by atoms with Crippen LogP contribution >= 0.6 is 0 Å². The summed E-state index contributed by atoms with van der Waals surface area (Å²) in [6.07, 6.45) is 7.39. The summed E-state index contributed by atoms with van der Waals surface area (Å²) in [6.45, 7) is 3.55. The number of amides is 1. The summed E-state index contributed by atoms with van der Waals surface area (Å²) in [7, 11) is 0. The van der Waals surface area contributed by atoms with Crippen molar-refractivity contribution in [2.45, 2.75) is 20.3 Å². The third-order valence-electron chi connectivity index (χ3n) is 5.65. The summed E-state index contributed by atoms with van der Waals surface area (Å²) in [5.74, 6) is 1.34. The minimum atomic E-state index is -0.491. The Hall–Kier alpha value is -4.70. The molecule has 3 heterocycles. The highest BCUT2D eigenvalue weighted by atomic mass is 16.5. The van der Waals surface area contributed by atoms with Crippen molar-refractivity contribution >= 4 is 34.0 Å². The molecule has 0 unspecified atom stereocenters. The quantitative estimate of drug-likeness (QED) is 0.156. The first-order valence-corrected chi connectivity index (χ1v) is 10.9. The van der Waals surface area contributed by atoms with Crippen LogP contribution in [0.3, 0.4) is 0 Å². The Morgan fingerprint density at radius 2 is 2.00 bits per heavy atom. The number of imidazole rings is 1. The SMILES string of the molecule is C/C(CC(=O)NO)=C(\C)Oc1ccc(Nc2nc(-c3ccc4cn[nH]c4c3)cn3ccnc23)cc1. The molecule has 0 saturated carbocycles. The van der Waals surface area contributed by atoms with E-state index in [2.05, 4.69) is 20.5 Å². The Morgan fingerprint density at radius 1 is 1.17 bits per heavy atom. The summed E-state index contributed by atoms with van der Waals surface area (Å²) < 4.78 is 7.77. The largest absolute Gasteiger partial charge is 0.462 e. The molecule has 0 aliphatic heterocycles. The average molecular weight is 470 g/mol. The fraction of sp³-hybridized carbons (Fsp3) is 0.120. The van der Waals surface area contributed by atoms with Gasteiger partial charge in [0.25, 0.3) is 0 Å². The molecule has 10 nitrogen and oxygen atoms in total. The lowest BCUT2D eigenvalue weighted by Gasteiger charge is -2.12. The fourth-order valence-corrected chi connectivity index (χ4v) is 3.66. The Morgan fingerprint density at radius 3 is 2.80 bits per heavy atom. The number of benzene rings is 2. The number of carbonyl (C=O) groups excluding carboxylic acids is 1. The van der Waals surface area contributed by atoms with Crippen molar-refractivity contribution < 1.29 is 14.7 Å². The van der Waals surface area contributed by atoms with Gasteiger partial charge in [0.1, 0.15) is 11.5 Å². The molecule has 0 atom stereocenters. The van der Waals surface area contributed by atoms with Crippen LogP contribution < -0.4 is 15.5 Å². The van der Waals surface area contributed by atoms with Gasteiger partial charge < -0.3 is 14.5 Å². The predicted molar refractivity (Wildman–Crippen MR) is 131 cm³/mol. The van der Waals surface area contributed by atoms with Crippen molar-refractivity contribution in [2.75, 3.05) is 5.32 Å². The Kier molecular flexibility index (Phi) is 5.86. The standard InChI is InChI=1S/C25H23N7O3/c1-15(11-23(33)31-34)16(2)35-20-7-5-19(6-8-20)28-24-25-26-9-10-32(25)14-22(29-24)17-3-4-18-13-27-30-21(18)12-17/h3-10,12-14,34H,11H2,1-2H3,(H,27,30)(H,28,29)(H,31,33)/b16-15-. The minimum Gasteiger partial charge on any atom is -0.462 e. The monoisotopic (exact) mass is 469 g/mol. The van der Waals surface area contributed by atoms with E-state index in [0.29, 0.717) is 23.0 Å². The van der Waals surface area contributed by atoms with Gasteiger partial charge in [0.2, 0.25) is 5.91 Å². The van der Waals surface area contributed by atoms with Crippen molar-refractivity contribution in [3.63, 3.8) is 0 Å². The number of carbonyl (C=O) groups is 1. The highest BCUT2D eigenvalue weighted by molar-refractivity contribution is 5.84. The van der Waals surface area contributed by atoms with E-state index in [1.54, 1.807) is 31.7 Å². The van der Waals surface area contributed by atoms with E-state index < -0.39 is 5.91 Å². The van der Waals surface area contributed by atoms with Crippen LogP contribution in [0.5, 0.6) is 5.75 Å². The van der Waals surface area contributed by atoms with E-state index >= 15 is 0 Å². The lowest BCUT2D eigenvalue weighted by Crippen LogP contribution is -2.18. The first-order valence-electron chi connectivity index (χ1n) is 10.9.